The Morgan fingerprint density at radius 2 is 1.67 bits per heavy atom. The minimum absolute atomic E-state index is 0.307. The van der Waals surface area contributed by atoms with Gasteiger partial charge in [-0.15, -0.1) is 13.2 Å². The number of hydrogen-bond donors (Lipinski definition) is 2. The summed E-state index contributed by atoms with van der Waals surface area (Å²) in [5, 5.41) is 19.8. The molecule has 5 nitrogen and oxygen atoms in total. The van der Waals surface area contributed by atoms with Crippen LogP contribution in [0, 0.1) is 6.92 Å². The molecule has 2 aromatic carbocycles. The SMILES string of the molecule is Cc1cc(=O)n(-c2ccc(OC(F)(F)F)cc2)cc1-c1cccc(O)c1O. The predicted molar refractivity (Wildman–Crippen MR) is 92.2 cm³/mol. The topological polar surface area (TPSA) is 71.7 Å². The van der Waals surface area contributed by atoms with Gasteiger partial charge < -0.3 is 14.9 Å². The van der Waals surface area contributed by atoms with Gasteiger partial charge in [-0.3, -0.25) is 9.36 Å². The number of phenols is 2. The lowest BCUT2D eigenvalue weighted by Gasteiger charge is -2.14. The molecule has 0 aliphatic rings. The Morgan fingerprint density at radius 3 is 2.30 bits per heavy atom. The van der Waals surface area contributed by atoms with Crippen LogP contribution < -0.4 is 10.3 Å². The van der Waals surface area contributed by atoms with E-state index in [4.69, 9.17) is 0 Å². The fraction of sp³-hybridized carbons (Fsp3) is 0.105. The average molecular weight is 377 g/mol. The van der Waals surface area contributed by atoms with Crippen molar-refractivity contribution in [2.75, 3.05) is 0 Å². The number of halogens is 3. The van der Waals surface area contributed by atoms with Crippen LogP contribution in [-0.2, 0) is 0 Å². The Bertz CT molecular complexity index is 1040. The molecule has 0 aliphatic heterocycles. The van der Waals surface area contributed by atoms with Crippen molar-refractivity contribution >= 4 is 0 Å². The molecule has 3 rings (SSSR count). The van der Waals surface area contributed by atoms with Crippen LogP contribution in [0.2, 0.25) is 0 Å². The van der Waals surface area contributed by atoms with Gasteiger partial charge in [0, 0.05) is 29.1 Å². The summed E-state index contributed by atoms with van der Waals surface area (Å²) in [5.41, 5.74) is 1.28. The first-order valence-electron chi connectivity index (χ1n) is 7.76. The molecule has 1 aromatic heterocycles. The van der Waals surface area contributed by atoms with Crippen LogP contribution in [0.25, 0.3) is 16.8 Å². The first kappa shape index (κ1) is 18.4. The number of aromatic nitrogens is 1. The largest absolute Gasteiger partial charge is 0.573 e. The normalized spacial score (nSPS) is 11.4. The molecule has 0 fully saturated rings. The number of ether oxygens (including phenoxy) is 1. The second-order valence-electron chi connectivity index (χ2n) is 5.79. The molecule has 0 spiro atoms. The molecule has 0 unspecified atom stereocenters. The highest BCUT2D eigenvalue weighted by Gasteiger charge is 2.31. The molecule has 0 amide bonds. The van der Waals surface area contributed by atoms with Gasteiger partial charge in [0.1, 0.15) is 5.75 Å². The van der Waals surface area contributed by atoms with Crippen LogP contribution in [0.4, 0.5) is 13.2 Å². The van der Waals surface area contributed by atoms with Crippen LogP contribution in [0.1, 0.15) is 5.56 Å². The number of para-hydroxylation sites is 1. The molecule has 0 bridgehead atoms. The zero-order chi connectivity index (χ0) is 19.8. The van der Waals surface area contributed by atoms with E-state index in [0.29, 0.717) is 22.4 Å². The fourth-order valence-electron chi connectivity index (χ4n) is 2.67. The van der Waals surface area contributed by atoms with E-state index >= 15 is 0 Å². The Labute approximate surface area is 151 Å². The summed E-state index contributed by atoms with van der Waals surface area (Å²) in [6, 6.07) is 10.6. The highest BCUT2D eigenvalue weighted by atomic mass is 19.4. The maximum absolute atomic E-state index is 12.3. The van der Waals surface area contributed by atoms with E-state index in [2.05, 4.69) is 4.74 Å². The summed E-state index contributed by atoms with van der Waals surface area (Å²) in [7, 11) is 0. The Morgan fingerprint density at radius 1 is 1.00 bits per heavy atom. The first-order chi connectivity index (χ1) is 12.7. The molecular weight excluding hydrogens is 363 g/mol. The molecule has 27 heavy (non-hydrogen) atoms. The zero-order valence-corrected chi connectivity index (χ0v) is 14.0. The number of phenolic OH excluding ortho intramolecular Hbond substituents is 2. The number of alkyl halides is 3. The van der Waals surface area contributed by atoms with E-state index < -0.39 is 17.7 Å². The molecule has 3 aromatic rings. The van der Waals surface area contributed by atoms with Crippen molar-refractivity contribution < 1.29 is 28.1 Å². The van der Waals surface area contributed by atoms with Crippen molar-refractivity contribution in [1.82, 2.24) is 4.57 Å². The lowest BCUT2D eigenvalue weighted by atomic mass is 10.0. The van der Waals surface area contributed by atoms with Crippen molar-refractivity contribution in [1.29, 1.82) is 0 Å². The lowest BCUT2D eigenvalue weighted by Crippen LogP contribution is -2.19. The van der Waals surface area contributed by atoms with Crippen LogP contribution >= 0.6 is 0 Å². The number of aryl methyl sites for hydroxylation is 1. The third kappa shape index (κ3) is 3.89. The van der Waals surface area contributed by atoms with Crippen molar-refractivity contribution in [3.8, 4) is 34.1 Å². The van der Waals surface area contributed by atoms with Gasteiger partial charge in [-0.05, 0) is 42.8 Å². The average Bonchev–Trinajstić information content (AvgIpc) is 2.58. The number of nitrogens with zero attached hydrogens (tertiary/aromatic N) is 1. The van der Waals surface area contributed by atoms with Crippen molar-refractivity contribution in [3.63, 3.8) is 0 Å². The van der Waals surface area contributed by atoms with Crippen LogP contribution in [0.3, 0.4) is 0 Å². The van der Waals surface area contributed by atoms with Gasteiger partial charge in [0.2, 0.25) is 0 Å². The van der Waals surface area contributed by atoms with Gasteiger partial charge >= 0.3 is 6.36 Å². The third-order valence-electron chi connectivity index (χ3n) is 3.91. The number of pyridine rings is 1. The van der Waals surface area contributed by atoms with Crippen LogP contribution in [0.15, 0.2) is 59.5 Å². The molecule has 140 valence electrons. The lowest BCUT2D eigenvalue weighted by molar-refractivity contribution is -0.274. The molecule has 1 heterocycles. The summed E-state index contributed by atoms with van der Waals surface area (Å²) in [4.78, 5) is 12.3. The van der Waals surface area contributed by atoms with Crippen LogP contribution in [0.5, 0.6) is 17.2 Å². The maximum Gasteiger partial charge on any atom is 0.573 e. The molecule has 8 heteroatoms. The Hall–Kier alpha value is -3.42. The van der Waals surface area contributed by atoms with Gasteiger partial charge in [0.25, 0.3) is 5.56 Å². The Balaban J connectivity index is 2.07. The van der Waals surface area contributed by atoms with E-state index in [0.717, 1.165) is 12.1 Å². The minimum Gasteiger partial charge on any atom is -0.504 e. The quantitative estimate of drug-likeness (QED) is 0.674. The predicted octanol–water partition coefficient (Wildman–Crippen LogP) is 4.12. The molecule has 0 saturated heterocycles. The zero-order valence-electron chi connectivity index (χ0n) is 14.0. The maximum atomic E-state index is 12.3. The van der Waals surface area contributed by atoms with E-state index in [-0.39, 0.29) is 11.5 Å². The van der Waals surface area contributed by atoms with Crippen molar-refractivity contribution in [2.24, 2.45) is 0 Å². The number of hydrogen-bond acceptors (Lipinski definition) is 4. The summed E-state index contributed by atoms with van der Waals surface area (Å²) >= 11 is 0. The van der Waals surface area contributed by atoms with Crippen molar-refractivity contribution in [2.45, 2.75) is 13.3 Å². The van der Waals surface area contributed by atoms with E-state index in [9.17, 15) is 28.2 Å². The first-order valence-corrected chi connectivity index (χ1v) is 7.76. The number of rotatable bonds is 3. The summed E-state index contributed by atoms with van der Waals surface area (Å²) in [6.45, 7) is 1.67. The van der Waals surface area contributed by atoms with Crippen LogP contribution in [-0.4, -0.2) is 21.1 Å². The molecule has 2 N–H and O–H groups in total. The van der Waals surface area contributed by atoms with E-state index in [1.807, 2.05) is 0 Å². The smallest absolute Gasteiger partial charge is 0.504 e. The Kier molecular flexibility index (Phi) is 4.57. The van der Waals surface area contributed by atoms with Gasteiger partial charge in [-0.1, -0.05) is 12.1 Å². The number of aromatic hydroxyl groups is 2. The van der Waals surface area contributed by atoms with Crippen molar-refractivity contribution in [3.05, 3.63) is 70.6 Å². The molecule has 0 atom stereocenters. The van der Waals surface area contributed by atoms with Gasteiger partial charge in [0.05, 0.1) is 0 Å². The second kappa shape index (κ2) is 6.71. The molecule has 0 aliphatic carbocycles. The van der Waals surface area contributed by atoms with Gasteiger partial charge in [0.15, 0.2) is 11.5 Å². The highest BCUT2D eigenvalue weighted by molar-refractivity contribution is 5.75. The number of benzene rings is 2. The fourth-order valence-corrected chi connectivity index (χ4v) is 2.67. The highest BCUT2D eigenvalue weighted by Crippen LogP contribution is 2.37. The van der Waals surface area contributed by atoms with E-state index in [1.54, 1.807) is 19.1 Å². The molecule has 0 radical (unpaired) electrons. The summed E-state index contributed by atoms with van der Waals surface area (Å²) in [5.74, 6) is -1.05. The summed E-state index contributed by atoms with van der Waals surface area (Å²) in [6.07, 6.45) is -3.35. The molecular formula is C19H14F3NO4. The van der Waals surface area contributed by atoms with Gasteiger partial charge in [-0.2, -0.15) is 0 Å². The molecule has 0 saturated carbocycles. The minimum atomic E-state index is -4.80. The van der Waals surface area contributed by atoms with Gasteiger partial charge in [-0.25, -0.2) is 0 Å². The standard InChI is InChI=1S/C19H14F3NO4/c1-11-9-17(25)23(10-15(11)14-3-2-4-16(24)18(14)26)12-5-7-13(8-6-12)27-19(20,21)22/h2-10,24,26H,1H3. The second-order valence-corrected chi connectivity index (χ2v) is 5.79. The summed E-state index contributed by atoms with van der Waals surface area (Å²) < 4.78 is 41.8. The monoisotopic (exact) mass is 377 g/mol. The third-order valence-corrected chi connectivity index (χ3v) is 3.91. The van der Waals surface area contributed by atoms with E-state index in [1.165, 1.54) is 35.0 Å².